The molecule has 0 aliphatic carbocycles. The molecule has 0 bridgehead atoms. The van der Waals surface area contributed by atoms with E-state index in [1.807, 2.05) is 6.07 Å². The Morgan fingerprint density at radius 2 is 2.30 bits per heavy atom. The highest BCUT2D eigenvalue weighted by molar-refractivity contribution is 6.31. The predicted molar refractivity (Wildman–Crippen MR) is 82.8 cm³/mol. The van der Waals surface area contributed by atoms with Gasteiger partial charge in [0.2, 0.25) is 0 Å². The van der Waals surface area contributed by atoms with Crippen LogP contribution in [0.2, 0.25) is 5.02 Å². The maximum absolute atomic E-state index is 11.5. The predicted octanol–water partition coefficient (Wildman–Crippen LogP) is 2.34. The van der Waals surface area contributed by atoms with Crippen LogP contribution in [0.1, 0.15) is 22.8 Å². The zero-order chi connectivity index (χ0) is 13.8. The summed E-state index contributed by atoms with van der Waals surface area (Å²) in [5.74, 6) is -0.328. The van der Waals surface area contributed by atoms with Crippen LogP contribution in [0.15, 0.2) is 18.2 Å². The van der Waals surface area contributed by atoms with Crippen LogP contribution in [0.3, 0.4) is 0 Å². The summed E-state index contributed by atoms with van der Waals surface area (Å²) in [5, 5.41) is 4.05. The minimum absolute atomic E-state index is 0. The number of hydrogen-bond acceptors (Lipinski definition) is 4. The van der Waals surface area contributed by atoms with Gasteiger partial charge < -0.3 is 10.1 Å². The lowest BCUT2D eigenvalue weighted by atomic mass is 10.1. The molecule has 1 aliphatic heterocycles. The first-order valence-electron chi connectivity index (χ1n) is 6.43. The van der Waals surface area contributed by atoms with Crippen molar-refractivity contribution < 1.29 is 9.53 Å². The highest BCUT2D eigenvalue weighted by atomic mass is 35.5. The molecule has 0 spiro atoms. The largest absolute Gasteiger partial charge is 0.465 e. The summed E-state index contributed by atoms with van der Waals surface area (Å²) in [7, 11) is 1.38. The molecule has 1 saturated heterocycles. The molecule has 1 N–H and O–H groups in total. The highest BCUT2D eigenvalue weighted by Crippen LogP contribution is 2.21. The third-order valence-electron chi connectivity index (χ3n) is 3.48. The average molecular weight is 319 g/mol. The SMILES string of the molecule is COC(=O)c1ccc(Cl)c(CN2CCNC[C@H]2C)c1.Cl. The molecule has 1 fully saturated rings. The van der Waals surface area contributed by atoms with Crippen molar-refractivity contribution >= 4 is 30.0 Å². The minimum atomic E-state index is -0.328. The van der Waals surface area contributed by atoms with Gasteiger partial charge in [-0.1, -0.05) is 11.6 Å². The van der Waals surface area contributed by atoms with Gasteiger partial charge in [0, 0.05) is 37.2 Å². The molecule has 1 aromatic carbocycles. The smallest absolute Gasteiger partial charge is 0.337 e. The maximum atomic E-state index is 11.5. The van der Waals surface area contributed by atoms with Crippen LogP contribution in [-0.4, -0.2) is 43.7 Å². The summed E-state index contributed by atoms with van der Waals surface area (Å²) in [6, 6.07) is 5.74. The number of nitrogens with one attached hydrogen (secondary N) is 1. The van der Waals surface area contributed by atoms with Crippen molar-refractivity contribution in [1.29, 1.82) is 0 Å². The first-order valence-corrected chi connectivity index (χ1v) is 6.81. The van der Waals surface area contributed by atoms with Crippen LogP contribution < -0.4 is 5.32 Å². The summed E-state index contributed by atoms with van der Waals surface area (Å²) in [6.07, 6.45) is 0. The summed E-state index contributed by atoms with van der Waals surface area (Å²) in [6.45, 7) is 5.89. The molecule has 0 amide bonds. The molecule has 112 valence electrons. The lowest BCUT2D eigenvalue weighted by Crippen LogP contribution is -2.49. The number of nitrogens with zero attached hydrogens (tertiary/aromatic N) is 1. The summed E-state index contributed by atoms with van der Waals surface area (Å²) in [4.78, 5) is 13.9. The van der Waals surface area contributed by atoms with Crippen LogP contribution in [-0.2, 0) is 11.3 Å². The molecule has 0 aromatic heterocycles. The van der Waals surface area contributed by atoms with Gasteiger partial charge >= 0.3 is 5.97 Å². The van der Waals surface area contributed by atoms with E-state index in [-0.39, 0.29) is 18.4 Å². The fourth-order valence-electron chi connectivity index (χ4n) is 2.28. The minimum Gasteiger partial charge on any atom is -0.465 e. The van der Waals surface area contributed by atoms with Gasteiger partial charge in [0.25, 0.3) is 0 Å². The number of rotatable bonds is 3. The van der Waals surface area contributed by atoms with Gasteiger partial charge in [0.15, 0.2) is 0 Å². The Morgan fingerprint density at radius 3 is 2.95 bits per heavy atom. The summed E-state index contributed by atoms with van der Waals surface area (Å²) < 4.78 is 4.74. The quantitative estimate of drug-likeness (QED) is 0.869. The Morgan fingerprint density at radius 1 is 1.55 bits per heavy atom. The number of carbonyl (C=O) groups is 1. The van der Waals surface area contributed by atoms with Crippen molar-refractivity contribution in [2.75, 3.05) is 26.7 Å². The molecule has 1 aliphatic rings. The Balaban J connectivity index is 0.00000200. The molecule has 1 aromatic rings. The number of piperazine rings is 1. The van der Waals surface area contributed by atoms with E-state index < -0.39 is 0 Å². The number of ether oxygens (including phenoxy) is 1. The molecule has 2 rings (SSSR count). The molecule has 4 nitrogen and oxygen atoms in total. The zero-order valence-corrected chi connectivity index (χ0v) is 13.3. The van der Waals surface area contributed by atoms with Gasteiger partial charge in [-0.25, -0.2) is 4.79 Å². The Kier molecular flexibility index (Phi) is 6.76. The van der Waals surface area contributed by atoms with Crippen LogP contribution in [0.4, 0.5) is 0 Å². The van der Waals surface area contributed by atoms with E-state index in [1.54, 1.807) is 12.1 Å². The number of halogens is 2. The standard InChI is InChI=1S/C14H19ClN2O2.ClH/c1-10-8-16-5-6-17(10)9-12-7-11(14(18)19-2)3-4-13(12)15;/h3-4,7,10,16H,5-6,8-9H2,1-2H3;1H/t10-;/m1./s1. The summed E-state index contributed by atoms with van der Waals surface area (Å²) in [5.41, 5.74) is 1.52. The highest BCUT2D eigenvalue weighted by Gasteiger charge is 2.19. The van der Waals surface area contributed by atoms with Crippen LogP contribution in [0, 0.1) is 0 Å². The van der Waals surface area contributed by atoms with E-state index in [9.17, 15) is 4.79 Å². The maximum Gasteiger partial charge on any atom is 0.337 e. The fourth-order valence-corrected chi connectivity index (χ4v) is 2.45. The van der Waals surface area contributed by atoms with E-state index in [2.05, 4.69) is 17.1 Å². The number of methoxy groups -OCH3 is 1. The molecule has 20 heavy (non-hydrogen) atoms. The number of benzene rings is 1. The van der Waals surface area contributed by atoms with Crippen LogP contribution in [0.5, 0.6) is 0 Å². The van der Waals surface area contributed by atoms with Gasteiger partial charge in [0.1, 0.15) is 0 Å². The Hall–Kier alpha value is -0.810. The van der Waals surface area contributed by atoms with Crippen molar-refractivity contribution in [3.63, 3.8) is 0 Å². The normalized spacial score (nSPS) is 19.2. The number of hydrogen-bond donors (Lipinski definition) is 1. The third-order valence-corrected chi connectivity index (χ3v) is 3.85. The van der Waals surface area contributed by atoms with Gasteiger partial charge in [-0.3, -0.25) is 4.90 Å². The second kappa shape index (κ2) is 7.84. The molecule has 6 heteroatoms. The molecular formula is C14H20Cl2N2O2. The number of esters is 1. The third kappa shape index (κ3) is 4.09. The second-order valence-electron chi connectivity index (χ2n) is 4.82. The molecule has 1 heterocycles. The van der Waals surface area contributed by atoms with Crippen molar-refractivity contribution in [3.05, 3.63) is 34.3 Å². The first kappa shape index (κ1) is 17.2. The van der Waals surface area contributed by atoms with E-state index >= 15 is 0 Å². The van der Waals surface area contributed by atoms with Gasteiger partial charge in [0.05, 0.1) is 12.7 Å². The fraction of sp³-hybridized carbons (Fsp3) is 0.500. The van der Waals surface area contributed by atoms with Crippen molar-refractivity contribution in [2.45, 2.75) is 19.5 Å². The molecule has 0 unspecified atom stereocenters. The van der Waals surface area contributed by atoms with E-state index in [0.29, 0.717) is 16.6 Å². The first-order chi connectivity index (χ1) is 9.11. The van der Waals surface area contributed by atoms with Crippen molar-refractivity contribution in [1.82, 2.24) is 10.2 Å². The Bertz CT molecular complexity index is 468. The van der Waals surface area contributed by atoms with Crippen molar-refractivity contribution in [2.24, 2.45) is 0 Å². The number of carbonyl (C=O) groups excluding carboxylic acids is 1. The molecule has 1 atom stereocenters. The summed E-state index contributed by atoms with van der Waals surface area (Å²) >= 11 is 6.22. The van der Waals surface area contributed by atoms with Crippen LogP contribution >= 0.6 is 24.0 Å². The van der Waals surface area contributed by atoms with E-state index in [4.69, 9.17) is 16.3 Å². The van der Waals surface area contributed by atoms with Crippen molar-refractivity contribution in [3.8, 4) is 0 Å². The molecule has 0 radical (unpaired) electrons. The lowest BCUT2D eigenvalue weighted by Gasteiger charge is -2.34. The zero-order valence-electron chi connectivity index (χ0n) is 11.7. The second-order valence-corrected chi connectivity index (χ2v) is 5.23. The molecular weight excluding hydrogens is 299 g/mol. The Labute approximate surface area is 130 Å². The van der Waals surface area contributed by atoms with Crippen LogP contribution in [0.25, 0.3) is 0 Å². The molecule has 0 saturated carbocycles. The monoisotopic (exact) mass is 318 g/mol. The average Bonchev–Trinajstić information content (AvgIpc) is 2.42. The van der Waals surface area contributed by atoms with E-state index in [1.165, 1.54) is 7.11 Å². The van der Waals surface area contributed by atoms with E-state index in [0.717, 1.165) is 31.7 Å². The van der Waals surface area contributed by atoms with Gasteiger partial charge in [-0.05, 0) is 30.7 Å². The van der Waals surface area contributed by atoms with Gasteiger partial charge in [-0.15, -0.1) is 12.4 Å². The van der Waals surface area contributed by atoms with Gasteiger partial charge in [-0.2, -0.15) is 0 Å². The topological polar surface area (TPSA) is 41.6 Å². The lowest BCUT2D eigenvalue weighted by molar-refractivity contribution is 0.0600.